The van der Waals surface area contributed by atoms with Crippen molar-refractivity contribution in [3.05, 3.63) is 60.8 Å². The summed E-state index contributed by atoms with van der Waals surface area (Å²) in [4.78, 5) is 37.9. The van der Waals surface area contributed by atoms with Gasteiger partial charge in [0.05, 0.1) is 0 Å². The van der Waals surface area contributed by atoms with Crippen LogP contribution in [0.1, 0.15) is 258 Å². The molecule has 0 amide bonds. The Kier molecular flexibility index (Phi) is 48.4. The van der Waals surface area contributed by atoms with Crippen molar-refractivity contribution in [3.63, 3.8) is 0 Å². The zero-order chi connectivity index (χ0) is 45.1. The van der Waals surface area contributed by atoms with Crippen molar-refractivity contribution in [1.29, 1.82) is 0 Å². The number of unbranched alkanes of at least 4 members (excludes halogenated alkanes) is 26. The summed E-state index contributed by atoms with van der Waals surface area (Å²) in [6.07, 6.45) is 62.3. The van der Waals surface area contributed by atoms with Gasteiger partial charge in [0, 0.05) is 19.3 Å². The van der Waals surface area contributed by atoms with E-state index in [0.29, 0.717) is 19.3 Å². The van der Waals surface area contributed by atoms with Crippen LogP contribution in [-0.2, 0) is 28.6 Å². The maximum Gasteiger partial charge on any atom is 0.306 e. The van der Waals surface area contributed by atoms with Crippen molar-refractivity contribution in [2.45, 2.75) is 264 Å². The molecule has 0 rings (SSSR count). The number of allylic oxidation sites excluding steroid dienone is 10. The van der Waals surface area contributed by atoms with Crippen LogP contribution < -0.4 is 0 Å². The predicted molar refractivity (Wildman–Crippen MR) is 265 cm³/mol. The minimum absolute atomic E-state index is 0.0880. The summed E-state index contributed by atoms with van der Waals surface area (Å²) in [6.45, 7) is 6.38. The Morgan fingerprint density at radius 1 is 0.339 bits per heavy atom. The molecule has 0 aliphatic heterocycles. The first-order valence-electron chi connectivity index (χ1n) is 26.3. The van der Waals surface area contributed by atoms with E-state index in [4.69, 9.17) is 14.2 Å². The lowest BCUT2D eigenvalue weighted by Gasteiger charge is -2.18. The molecule has 0 spiro atoms. The normalized spacial score (nSPS) is 12.5. The molecule has 0 N–H and O–H groups in total. The summed E-state index contributed by atoms with van der Waals surface area (Å²) in [5, 5.41) is 0. The molecule has 62 heavy (non-hydrogen) atoms. The molecule has 0 bridgehead atoms. The fraction of sp³-hybridized carbons (Fsp3) is 0.768. The van der Waals surface area contributed by atoms with Crippen molar-refractivity contribution in [1.82, 2.24) is 0 Å². The fourth-order valence-electron chi connectivity index (χ4n) is 7.38. The predicted octanol–water partition coefficient (Wildman–Crippen LogP) is 17.3. The molecule has 0 aromatic heterocycles. The van der Waals surface area contributed by atoms with E-state index in [1.807, 2.05) is 0 Å². The lowest BCUT2D eigenvalue weighted by atomic mass is 10.0. The number of carbonyl (C=O) groups excluding carboxylic acids is 3. The molecule has 0 saturated carbocycles. The van der Waals surface area contributed by atoms with Gasteiger partial charge in [-0.2, -0.15) is 0 Å². The Hall–Kier alpha value is -2.89. The molecule has 0 heterocycles. The van der Waals surface area contributed by atoms with Crippen LogP contribution in [0.4, 0.5) is 0 Å². The van der Waals surface area contributed by atoms with Gasteiger partial charge in [0.15, 0.2) is 6.10 Å². The molecule has 6 nitrogen and oxygen atoms in total. The molecule has 0 aromatic carbocycles. The average Bonchev–Trinajstić information content (AvgIpc) is 3.27. The molecule has 0 aliphatic carbocycles. The minimum atomic E-state index is -0.791. The second-order valence-corrected chi connectivity index (χ2v) is 17.4. The van der Waals surface area contributed by atoms with Gasteiger partial charge < -0.3 is 14.2 Å². The zero-order valence-electron chi connectivity index (χ0n) is 40.9. The number of rotatable bonds is 47. The monoisotopic (exact) mass is 867 g/mol. The Morgan fingerprint density at radius 2 is 0.629 bits per heavy atom. The molecule has 0 saturated heterocycles. The van der Waals surface area contributed by atoms with Gasteiger partial charge in [-0.15, -0.1) is 0 Å². The topological polar surface area (TPSA) is 78.9 Å². The quantitative estimate of drug-likeness (QED) is 0.0262. The van der Waals surface area contributed by atoms with Crippen LogP contribution in [-0.4, -0.2) is 37.2 Å². The maximum atomic E-state index is 12.8. The van der Waals surface area contributed by atoms with Gasteiger partial charge in [-0.05, 0) is 77.0 Å². The van der Waals surface area contributed by atoms with Crippen molar-refractivity contribution in [3.8, 4) is 0 Å². The standard InChI is InChI=1S/C56H98O6/c1-4-7-10-13-16-19-21-23-25-27-28-29-31-32-34-37-40-43-46-49-55(58)61-52-53(51-60-54(57)48-45-42-39-36-18-15-12-9-6-3)62-56(59)50-47-44-41-38-35-33-30-26-24-22-20-17-14-11-8-5-2/h8-9,11-12,17-18,20,24,26,36,53H,4-7,10,13-16,19,21-23,25,27-35,37-52H2,1-3H3/b11-8-,12-9-,20-17-,26-24-,36-18-. The molecule has 0 radical (unpaired) electrons. The van der Waals surface area contributed by atoms with Gasteiger partial charge in [0.2, 0.25) is 0 Å². The SMILES string of the molecule is CC/C=C\C/C=C\C/C=C\CCCCCCCCC(=O)OC(COC(=O)CCCC/C=C\C/C=C\CC)COC(=O)CCCCCCCCCCCCCCCCCCCCC. The molecule has 0 fully saturated rings. The molecular formula is C56H98O6. The Labute approximate surface area is 383 Å². The second-order valence-electron chi connectivity index (χ2n) is 17.4. The Bertz CT molecular complexity index is 1130. The first-order chi connectivity index (χ1) is 30.5. The van der Waals surface area contributed by atoms with Gasteiger partial charge in [-0.3, -0.25) is 14.4 Å². The third-order valence-corrected chi connectivity index (χ3v) is 11.3. The third kappa shape index (κ3) is 48.1. The van der Waals surface area contributed by atoms with Crippen molar-refractivity contribution in [2.24, 2.45) is 0 Å². The van der Waals surface area contributed by atoms with Crippen LogP contribution >= 0.6 is 0 Å². The first-order valence-corrected chi connectivity index (χ1v) is 26.3. The van der Waals surface area contributed by atoms with Crippen LogP contribution in [0, 0.1) is 0 Å². The summed E-state index contributed by atoms with van der Waals surface area (Å²) in [5.41, 5.74) is 0. The van der Waals surface area contributed by atoms with E-state index >= 15 is 0 Å². The molecule has 0 aliphatic rings. The zero-order valence-corrected chi connectivity index (χ0v) is 40.9. The smallest absolute Gasteiger partial charge is 0.306 e. The number of carbonyl (C=O) groups is 3. The highest BCUT2D eigenvalue weighted by molar-refractivity contribution is 5.71. The number of ether oxygens (including phenoxy) is 3. The van der Waals surface area contributed by atoms with Crippen LogP contribution in [0.25, 0.3) is 0 Å². The second kappa shape index (κ2) is 50.8. The minimum Gasteiger partial charge on any atom is -0.462 e. The van der Waals surface area contributed by atoms with Crippen molar-refractivity contribution < 1.29 is 28.6 Å². The molecular weight excluding hydrogens is 769 g/mol. The summed E-state index contributed by atoms with van der Waals surface area (Å²) < 4.78 is 16.7. The Balaban J connectivity index is 4.30. The highest BCUT2D eigenvalue weighted by Crippen LogP contribution is 2.16. The molecule has 1 unspecified atom stereocenters. The molecule has 0 aromatic rings. The molecule has 6 heteroatoms. The summed E-state index contributed by atoms with van der Waals surface area (Å²) >= 11 is 0. The Morgan fingerprint density at radius 3 is 1.02 bits per heavy atom. The van der Waals surface area contributed by atoms with Gasteiger partial charge in [0.25, 0.3) is 0 Å². The average molecular weight is 867 g/mol. The fourth-order valence-corrected chi connectivity index (χ4v) is 7.38. The number of hydrogen-bond donors (Lipinski definition) is 0. The summed E-state index contributed by atoms with van der Waals surface area (Å²) in [7, 11) is 0. The number of esters is 3. The summed E-state index contributed by atoms with van der Waals surface area (Å²) in [5.74, 6) is -0.934. The van der Waals surface area contributed by atoms with E-state index in [0.717, 1.165) is 103 Å². The van der Waals surface area contributed by atoms with Crippen LogP contribution in [0.3, 0.4) is 0 Å². The van der Waals surface area contributed by atoms with E-state index in [9.17, 15) is 14.4 Å². The van der Waals surface area contributed by atoms with Gasteiger partial charge in [-0.25, -0.2) is 0 Å². The van der Waals surface area contributed by atoms with Gasteiger partial charge in [-0.1, -0.05) is 223 Å². The van der Waals surface area contributed by atoms with E-state index in [1.165, 1.54) is 116 Å². The van der Waals surface area contributed by atoms with E-state index in [1.54, 1.807) is 0 Å². The highest BCUT2D eigenvalue weighted by Gasteiger charge is 2.19. The van der Waals surface area contributed by atoms with E-state index in [-0.39, 0.29) is 31.1 Å². The molecule has 358 valence electrons. The van der Waals surface area contributed by atoms with Crippen LogP contribution in [0.15, 0.2) is 60.8 Å². The van der Waals surface area contributed by atoms with E-state index < -0.39 is 6.10 Å². The van der Waals surface area contributed by atoms with Crippen molar-refractivity contribution in [2.75, 3.05) is 13.2 Å². The van der Waals surface area contributed by atoms with E-state index in [2.05, 4.69) is 81.5 Å². The van der Waals surface area contributed by atoms with Crippen LogP contribution in [0.2, 0.25) is 0 Å². The largest absolute Gasteiger partial charge is 0.462 e. The molecule has 1 atom stereocenters. The van der Waals surface area contributed by atoms with Gasteiger partial charge >= 0.3 is 17.9 Å². The summed E-state index contributed by atoms with van der Waals surface area (Å²) in [6, 6.07) is 0. The lowest BCUT2D eigenvalue weighted by Crippen LogP contribution is -2.30. The van der Waals surface area contributed by atoms with Gasteiger partial charge in [0.1, 0.15) is 13.2 Å². The third-order valence-electron chi connectivity index (χ3n) is 11.3. The van der Waals surface area contributed by atoms with Crippen LogP contribution in [0.5, 0.6) is 0 Å². The van der Waals surface area contributed by atoms with Crippen molar-refractivity contribution >= 4 is 17.9 Å². The first kappa shape index (κ1) is 59.1. The highest BCUT2D eigenvalue weighted by atomic mass is 16.6. The lowest BCUT2D eigenvalue weighted by molar-refractivity contribution is -0.167. The number of hydrogen-bond acceptors (Lipinski definition) is 6. The maximum absolute atomic E-state index is 12.8.